The van der Waals surface area contributed by atoms with E-state index in [4.69, 9.17) is 0 Å². The minimum Gasteiger partial charge on any atom is -0.396 e. The summed E-state index contributed by atoms with van der Waals surface area (Å²) in [5.41, 5.74) is 0. The molecule has 0 bridgehead atoms. The van der Waals surface area contributed by atoms with Crippen LogP contribution in [0.1, 0.15) is 84.0 Å². The van der Waals surface area contributed by atoms with Crippen LogP contribution >= 0.6 is 0 Å². The van der Waals surface area contributed by atoms with E-state index in [2.05, 4.69) is 6.92 Å². The molecule has 0 spiro atoms. The van der Waals surface area contributed by atoms with Crippen molar-refractivity contribution in [3.05, 3.63) is 0 Å². The van der Waals surface area contributed by atoms with Gasteiger partial charge in [0.1, 0.15) is 6.29 Å². The molecule has 2 unspecified atom stereocenters. The van der Waals surface area contributed by atoms with Crippen molar-refractivity contribution in [2.75, 3.05) is 6.61 Å². The maximum atomic E-state index is 10.3. The molecule has 0 saturated carbocycles. The molecule has 0 aliphatic rings. The average Bonchev–Trinajstić information content (AvgIpc) is 2.47. The van der Waals surface area contributed by atoms with Crippen molar-refractivity contribution in [2.45, 2.75) is 90.1 Å². The standard InChI is InChI=1S/C17H34O3/c1-2-3-4-5-6-7-8-9-10-12-16(15-19)17(20)13-11-14-18/h14,16-17,19-20H,2-13,15H2,1H3. The number of aliphatic hydroxyl groups is 2. The highest BCUT2D eigenvalue weighted by Crippen LogP contribution is 2.18. The van der Waals surface area contributed by atoms with E-state index in [0.717, 1.165) is 19.1 Å². The summed E-state index contributed by atoms with van der Waals surface area (Å²) in [5.74, 6) is -0.0560. The summed E-state index contributed by atoms with van der Waals surface area (Å²) in [4.78, 5) is 10.3. The molecule has 0 fully saturated rings. The Bertz CT molecular complexity index is 206. The first kappa shape index (κ1) is 19.6. The first-order valence-electron chi connectivity index (χ1n) is 8.48. The molecule has 2 N–H and O–H groups in total. The maximum absolute atomic E-state index is 10.3. The highest BCUT2D eigenvalue weighted by molar-refractivity contribution is 5.49. The fourth-order valence-electron chi connectivity index (χ4n) is 2.60. The lowest BCUT2D eigenvalue weighted by Crippen LogP contribution is -2.23. The van der Waals surface area contributed by atoms with Crippen molar-refractivity contribution < 1.29 is 15.0 Å². The number of aliphatic hydroxyl groups excluding tert-OH is 2. The quantitative estimate of drug-likeness (QED) is 0.355. The lowest BCUT2D eigenvalue weighted by atomic mass is 9.93. The van der Waals surface area contributed by atoms with Gasteiger partial charge in [0.2, 0.25) is 0 Å². The Morgan fingerprint density at radius 3 is 1.95 bits per heavy atom. The van der Waals surface area contributed by atoms with Crippen molar-refractivity contribution in [2.24, 2.45) is 5.92 Å². The lowest BCUT2D eigenvalue weighted by molar-refractivity contribution is -0.108. The van der Waals surface area contributed by atoms with Crippen LogP contribution in [0.3, 0.4) is 0 Å². The smallest absolute Gasteiger partial charge is 0.120 e. The van der Waals surface area contributed by atoms with Gasteiger partial charge in [0.25, 0.3) is 0 Å². The third-order valence-electron chi connectivity index (χ3n) is 4.04. The van der Waals surface area contributed by atoms with Crippen LogP contribution in [-0.4, -0.2) is 29.2 Å². The van der Waals surface area contributed by atoms with Crippen LogP contribution < -0.4 is 0 Å². The fraction of sp³-hybridized carbons (Fsp3) is 0.941. The zero-order valence-electron chi connectivity index (χ0n) is 13.2. The van der Waals surface area contributed by atoms with Gasteiger partial charge in [-0.2, -0.15) is 0 Å². The van der Waals surface area contributed by atoms with Gasteiger partial charge in [-0.15, -0.1) is 0 Å². The first-order valence-corrected chi connectivity index (χ1v) is 8.48. The number of rotatable bonds is 15. The highest BCUT2D eigenvalue weighted by Gasteiger charge is 2.17. The van der Waals surface area contributed by atoms with E-state index in [0.29, 0.717) is 12.8 Å². The van der Waals surface area contributed by atoms with E-state index in [1.54, 1.807) is 0 Å². The van der Waals surface area contributed by atoms with Crippen LogP contribution in [0.4, 0.5) is 0 Å². The zero-order valence-corrected chi connectivity index (χ0v) is 13.2. The summed E-state index contributed by atoms with van der Waals surface area (Å²) in [5, 5.41) is 19.1. The molecule has 0 saturated heterocycles. The van der Waals surface area contributed by atoms with Crippen LogP contribution in [0.2, 0.25) is 0 Å². The van der Waals surface area contributed by atoms with Gasteiger partial charge < -0.3 is 15.0 Å². The Labute approximate surface area is 124 Å². The summed E-state index contributed by atoms with van der Waals surface area (Å²) >= 11 is 0. The number of hydrogen-bond acceptors (Lipinski definition) is 3. The maximum Gasteiger partial charge on any atom is 0.120 e. The molecule has 3 heteroatoms. The molecule has 0 aliphatic carbocycles. The second kappa shape index (κ2) is 15.0. The SMILES string of the molecule is CCCCCCCCCCCC(CO)C(O)CCC=O. The number of unbranched alkanes of at least 4 members (excludes halogenated alkanes) is 8. The first-order chi connectivity index (χ1) is 9.76. The molecule has 0 radical (unpaired) electrons. The third-order valence-corrected chi connectivity index (χ3v) is 4.04. The van der Waals surface area contributed by atoms with Crippen LogP contribution in [0.15, 0.2) is 0 Å². The molecule has 0 aliphatic heterocycles. The van der Waals surface area contributed by atoms with Crippen LogP contribution in [0, 0.1) is 5.92 Å². The van der Waals surface area contributed by atoms with Crippen LogP contribution in [0.25, 0.3) is 0 Å². The molecule has 3 nitrogen and oxygen atoms in total. The average molecular weight is 286 g/mol. The monoisotopic (exact) mass is 286 g/mol. The predicted molar refractivity (Wildman–Crippen MR) is 83.7 cm³/mol. The van der Waals surface area contributed by atoms with E-state index < -0.39 is 6.10 Å². The minimum absolute atomic E-state index is 0.0248. The molecular formula is C17H34O3. The second-order valence-electron chi connectivity index (χ2n) is 5.87. The van der Waals surface area contributed by atoms with Gasteiger partial charge in [-0.25, -0.2) is 0 Å². The number of carbonyl (C=O) groups is 1. The number of aldehydes is 1. The fourth-order valence-corrected chi connectivity index (χ4v) is 2.60. The predicted octanol–water partition coefficient (Wildman–Crippen LogP) is 3.86. The molecule has 0 aromatic heterocycles. The normalized spacial score (nSPS) is 14.2. The zero-order chi connectivity index (χ0) is 15.1. The van der Waals surface area contributed by atoms with E-state index >= 15 is 0 Å². The summed E-state index contributed by atoms with van der Waals surface area (Å²) in [7, 11) is 0. The van der Waals surface area contributed by atoms with Crippen molar-refractivity contribution in [3.63, 3.8) is 0 Å². The Morgan fingerprint density at radius 1 is 0.900 bits per heavy atom. The van der Waals surface area contributed by atoms with Gasteiger partial charge >= 0.3 is 0 Å². The third kappa shape index (κ3) is 11.4. The van der Waals surface area contributed by atoms with E-state index in [1.165, 1.54) is 51.4 Å². The van der Waals surface area contributed by atoms with E-state index in [1.807, 2.05) is 0 Å². The Balaban J connectivity index is 3.43. The lowest BCUT2D eigenvalue weighted by Gasteiger charge is -2.20. The Morgan fingerprint density at radius 2 is 1.45 bits per heavy atom. The van der Waals surface area contributed by atoms with Gasteiger partial charge in [-0.3, -0.25) is 0 Å². The second-order valence-corrected chi connectivity index (χ2v) is 5.87. The summed E-state index contributed by atoms with van der Waals surface area (Å²) in [6.07, 6.45) is 13.6. The largest absolute Gasteiger partial charge is 0.396 e. The van der Waals surface area contributed by atoms with Crippen LogP contribution in [-0.2, 0) is 4.79 Å². The Hall–Kier alpha value is -0.410. The molecular weight excluding hydrogens is 252 g/mol. The van der Waals surface area contributed by atoms with Crippen molar-refractivity contribution in [1.29, 1.82) is 0 Å². The number of hydrogen-bond donors (Lipinski definition) is 2. The number of carbonyl (C=O) groups excluding carboxylic acids is 1. The molecule has 0 aromatic rings. The van der Waals surface area contributed by atoms with Gasteiger partial charge in [0.05, 0.1) is 6.10 Å². The van der Waals surface area contributed by atoms with E-state index in [9.17, 15) is 15.0 Å². The Kier molecular flexibility index (Phi) is 14.7. The summed E-state index contributed by atoms with van der Waals surface area (Å²) < 4.78 is 0. The summed E-state index contributed by atoms with van der Waals surface area (Å²) in [6, 6.07) is 0. The molecule has 0 heterocycles. The van der Waals surface area contributed by atoms with E-state index in [-0.39, 0.29) is 12.5 Å². The molecule has 0 rings (SSSR count). The van der Waals surface area contributed by atoms with Crippen molar-refractivity contribution in [1.82, 2.24) is 0 Å². The van der Waals surface area contributed by atoms with Crippen LogP contribution in [0.5, 0.6) is 0 Å². The van der Waals surface area contributed by atoms with Gasteiger partial charge in [0.15, 0.2) is 0 Å². The van der Waals surface area contributed by atoms with Gasteiger partial charge in [-0.1, -0.05) is 64.7 Å². The minimum atomic E-state index is -0.528. The molecule has 0 amide bonds. The molecule has 120 valence electrons. The highest BCUT2D eigenvalue weighted by atomic mass is 16.3. The molecule has 2 atom stereocenters. The topological polar surface area (TPSA) is 57.5 Å². The summed E-state index contributed by atoms with van der Waals surface area (Å²) in [6.45, 7) is 2.26. The van der Waals surface area contributed by atoms with Gasteiger partial charge in [0, 0.05) is 18.9 Å². The van der Waals surface area contributed by atoms with Crippen molar-refractivity contribution in [3.8, 4) is 0 Å². The van der Waals surface area contributed by atoms with Gasteiger partial charge in [-0.05, 0) is 12.8 Å². The molecule has 0 aromatic carbocycles. The van der Waals surface area contributed by atoms with Crippen molar-refractivity contribution >= 4 is 6.29 Å². The molecule has 20 heavy (non-hydrogen) atoms.